The van der Waals surface area contributed by atoms with Crippen LogP contribution in [0.3, 0.4) is 0 Å². The van der Waals surface area contributed by atoms with Crippen LogP contribution in [0.25, 0.3) is 0 Å². The van der Waals surface area contributed by atoms with Crippen LogP contribution in [0, 0.1) is 0 Å². The number of para-hydroxylation sites is 1. The van der Waals surface area contributed by atoms with Crippen LogP contribution in [0.5, 0.6) is 0 Å². The molecule has 0 atom stereocenters. The largest absolute Gasteiger partial charge is 0.285 e. The highest BCUT2D eigenvalue weighted by Gasteiger charge is 2.15. The van der Waals surface area contributed by atoms with Crippen molar-refractivity contribution in [3.8, 4) is 0 Å². The summed E-state index contributed by atoms with van der Waals surface area (Å²) in [4.78, 5) is 11.9. The first kappa shape index (κ1) is 16.0. The lowest BCUT2D eigenvalue weighted by Crippen LogP contribution is -2.36. The predicted octanol–water partition coefficient (Wildman–Crippen LogP) is 1.69. The molecule has 0 radical (unpaired) electrons. The average molecular weight is 319 g/mol. The van der Waals surface area contributed by atoms with Crippen molar-refractivity contribution in [2.75, 3.05) is 18.8 Å². The molecule has 0 spiro atoms. The molecule has 116 valence electrons. The standard InChI is InChI=1S/C15H17N3O3S/c1-18(2)16-15(19)12-8-10-14(11-9-12)22(20,21)17-13-6-4-3-5-7-13/h3-11,17H,1-2H3,(H,16,19). The Kier molecular flexibility index (Phi) is 4.79. The van der Waals surface area contributed by atoms with Crippen molar-refractivity contribution >= 4 is 21.6 Å². The number of hydrogen-bond acceptors (Lipinski definition) is 4. The normalized spacial score (nSPS) is 11.2. The van der Waals surface area contributed by atoms with Gasteiger partial charge >= 0.3 is 0 Å². The number of sulfonamides is 1. The number of nitrogens with zero attached hydrogens (tertiary/aromatic N) is 1. The SMILES string of the molecule is CN(C)NC(=O)c1ccc(S(=O)(=O)Nc2ccccc2)cc1. The summed E-state index contributed by atoms with van der Waals surface area (Å²) in [5.41, 5.74) is 3.45. The van der Waals surface area contributed by atoms with Gasteiger partial charge in [-0.05, 0) is 36.4 Å². The van der Waals surface area contributed by atoms with Gasteiger partial charge in [0.15, 0.2) is 0 Å². The van der Waals surface area contributed by atoms with Gasteiger partial charge in [-0.1, -0.05) is 18.2 Å². The molecule has 0 saturated heterocycles. The molecule has 0 aromatic heterocycles. The average Bonchev–Trinajstić information content (AvgIpc) is 2.47. The lowest BCUT2D eigenvalue weighted by atomic mass is 10.2. The second kappa shape index (κ2) is 6.59. The van der Waals surface area contributed by atoms with E-state index in [1.54, 1.807) is 44.4 Å². The lowest BCUT2D eigenvalue weighted by molar-refractivity contribution is 0.0857. The summed E-state index contributed by atoms with van der Waals surface area (Å²) in [7, 11) is -0.281. The Morgan fingerprint density at radius 2 is 1.55 bits per heavy atom. The number of nitrogens with one attached hydrogen (secondary N) is 2. The van der Waals surface area contributed by atoms with Crippen molar-refractivity contribution in [3.63, 3.8) is 0 Å². The molecule has 0 aliphatic carbocycles. The van der Waals surface area contributed by atoms with Crippen LogP contribution >= 0.6 is 0 Å². The molecular formula is C15H17N3O3S. The van der Waals surface area contributed by atoms with E-state index in [1.807, 2.05) is 0 Å². The molecule has 0 unspecified atom stereocenters. The Labute approximate surface area is 129 Å². The van der Waals surface area contributed by atoms with Crippen LogP contribution in [-0.4, -0.2) is 33.4 Å². The van der Waals surface area contributed by atoms with E-state index in [9.17, 15) is 13.2 Å². The van der Waals surface area contributed by atoms with E-state index >= 15 is 0 Å². The maximum Gasteiger partial charge on any atom is 0.265 e. The molecule has 0 heterocycles. The van der Waals surface area contributed by atoms with E-state index < -0.39 is 10.0 Å². The molecule has 2 aromatic rings. The Bertz CT molecular complexity index is 741. The van der Waals surface area contributed by atoms with Gasteiger partial charge in [0, 0.05) is 25.3 Å². The summed E-state index contributed by atoms with van der Waals surface area (Å²) in [5, 5.41) is 1.52. The first-order valence-electron chi connectivity index (χ1n) is 6.55. The van der Waals surface area contributed by atoms with Crippen LogP contribution in [0.15, 0.2) is 59.5 Å². The second-order valence-electron chi connectivity index (χ2n) is 4.83. The van der Waals surface area contributed by atoms with Crippen LogP contribution in [0.1, 0.15) is 10.4 Å². The molecule has 2 N–H and O–H groups in total. The second-order valence-corrected chi connectivity index (χ2v) is 6.51. The highest BCUT2D eigenvalue weighted by Crippen LogP contribution is 2.16. The Morgan fingerprint density at radius 1 is 0.955 bits per heavy atom. The molecule has 0 aliphatic heterocycles. The summed E-state index contributed by atoms with van der Waals surface area (Å²) in [6, 6.07) is 14.4. The van der Waals surface area contributed by atoms with E-state index in [0.717, 1.165) is 0 Å². The van der Waals surface area contributed by atoms with E-state index in [2.05, 4.69) is 10.1 Å². The predicted molar refractivity (Wildman–Crippen MR) is 84.8 cm³/mol. The molecular weight excluding hydrogens is 302 g/mol. The molecule has 7 heteroatoms. The third-order valence-electron chi connectivity index (χ3n) is 2.78. The summed E-state index contributed by atoms with van der Waals surface area (Å²) in [5.74, 6) is -0.301. The summed E-state index contributed by atoms with van der Waals surface area (Å²) >= 11 is 0. The molecule has 0 bridgehead atoms. The molecule has 0 aliphatic rings. The van der Waals surface area contributed by atoms with Crippen LogP contribution in [0.2, 0.25) is 0 Å². The first-order valence-corrected chi connectivity index (χ1v) is 8.03. The van der Waals surface area contributed by atoms with Gasteiger partial charge in [-0.2, -0.15) is 0 Å². The highest BCUT2D eigenvalue weighted by atomic mass is 32.2. The molecule has 1 amide bonds. The van der Waals surface area contributed by atoms with E-state index in [0.29, 0.717) is 11.3 Å². The number of rotatable bonds is 5. The molecule has 2 rings (SSSR count). The van der Waals surface area contributed by atoms with Crippen molar-refractivity contribution in [3.05, 3.63) is 60.2 Å². The number of anilines is 1. The van der Waals surface area contributed by atoms with Crippen molar-refractivity contribution in [1.82, 2.24) is 10.4 Å². The van der Waals surface area contributed by atoms with Crippen LogP contribution < -0.4 is 10.1 Å². The zero-order chi connectivity index (χ0) is 16.2. The minimum Gasteiger partial charge on any atom is -0.285 e. The first-order chi connectivity index (χ1) is 10.4. The van der Waals surface area contributed by atoms with Crippen molar-refractivity contribution < 1.29 is 13.2 Å². The molecule has 22 heavy (non-hydrogen) atoms. The number of benzene rings is 2. The van der Waals surface area contributed by atoms with Gasteiger partial charge in [0.1, 0.15) is 0 Å². The maximum absolute atomic E-state index is 12.2. The zero-order valence-electron chi connectivity index (χ0n) is 12.3. The summed E-state index contributed by atoms with van der Waals surface area (Å²) in [6.45, 7) is 0. The number of hydrazine groups is 1. The van der Waals surface area contributed by atoms with Crippen molar-refractivity contribution in [2.45, 2.75) is 4.90 Å². The Hall–Kier alpha value is -2.38. The van der Waals surface area contributed by atoms with Gasteiger partial charge in [0.25, 0.3) is 15.9 Å². The quantitative estimate of drug-likeness (QED) is 0.822. The number of carbonyl (C=O) groups excluding carboxylic acids is 1. The minimum atomic E-state index is -3.67. The van der Waals surface area contributed by atoms with Crippen LogP contribution in [-0.2, 0) is 10.0 Å². The van der Waals surface area contributed by atoms with Gasteiger partial charge in [0.2, 0.25) is 0 Å². The Morgan fingerprint density at radius 3 is 2.09 bits per heavy atom. The smallest absolute Gasteiger partial charge is 0.265 e. The van der Waals surface area contributed by atoms with Crippen LogP contribution in [0.4, 0.5) is 5.69 Å². The van der Waals surface area contributed by atoms with Crippen molar-refractivity contribution in [1.29, 1.82) is 0 Å². The van der Waals surface area contributed by atoms with Gasteiger partial charge in [0.05, 0.1) is 4.90 Å². The van der Waals surface area contributed by atoms with Gasteiger partial charge in [-0.25, -0.2) is 13.4 Å². The lowest BCUT2D eigenvalue weighted by Gasteiger charge is -2.12. The fourth-order valence-electron chi connectivity index (χ4n) is 1.77. The third kappa shape index (κ3) is 4.06. The monoisotopic (exact) mass is 319 g/mol. The maximum atomic E-state index is 12.2. The van der Waals surface area contributed by atoms with E-state index in [1.165, 1.54) is 29.3 Å². The Balaban J connectivity index is 2.17. The van der Waals surface area contributed by atoms with Crippen molar-refractivity contribution in [2.24, 2.45) is 0 Å². The highest BCUT2D eigenvalue weighted by molar-refractivity contribution is 7.92. The summed E-state index contributed by atoms with van der Waals surface area (Å²) in [6.07, 6.45) is 0. The zero-order valence-corrected chi connectivity index (χ0v) is 13.1. The number of hydrogen-bond donors (Lipinski definition) is 2. The van der Waals surface area contributed by atoms with Gasteiger partial charge in [-0.15, -0.1) is 0 Å². The molecule has 2 aromatic carbocycles. The molecule has 0 saturated carbocycles. The molecule has 6 nitrogen and oxygen atoms in total. The van der Waals surface area contributed by atoms with E-state index in [4.69, 9.17) is 0 Å². The molecule has 0 fully saturated rings. The van der Waals surface area contributed by atoms with Gasteiger partial charge < -0.3 is 0 Å². The van der Waals surface area contributed by atoms with Gasteiger partial charge in [-0.3, -0.25) is 14.9 Å². The minimum absolute atomic E-state index is 0.0951. The third-order valence-corrected chi connectivity index (χ3v) is 4.18. The number of amides is 1. The number of carbonyl (C=O) groups is 1. The fraction of sp³-hybridized carbons (Fsp3) is 0.133. The van der Waals surface area contributed by atoms with E-state index in [-0.39, 0.29) is 10.8 Å². The topological polar surface area (TPSA) is 78.5 Å². The fourth-order valence-corrected chi connectivity index (χ4v) is 2.83. The summed E-state index contributed by atoms with van der Waals surface area (Å²) < 4.78 is 27.0.